The maximum atomic E-state index is 5.42. The lowest BCUT2D eigenvalue weighted by atomic mass is 9.68. The molecule has 0 bridgehead atoms. The second-order valence-electron chi connectivity index (χ2n) is 5.17. The number of hydrogen-bond donors (Lipinski definition) is 0. The van der Waals surface area contributed by atoms with E-state index in [-0.39, 0.29) is 0 Å². The lowest BCUT2D eigenvalue weighted by molar-refractivity contribution is 0.165. The Hall–Kier alpha value is -1.32. The van der Waals surface area contributed by atoms with E-state index in [9.17, 15) is 0 Å². The van der Waals surface area contributed by atoms with Crippen LogP contribution in [0.5, 0.6) is 5.88 Å². The number of ether oxygens (including phenoxy) is 1. The molecule has 1 saturated heterocycles. The average molecular weight is 233 g/mol. The molecule has 4 nitrogen and oxygen atoms in total. The molecular weight excluding hydrogens is 214 g/mol. The van der Waals surface area contributed by atoms with Crippen molar-refractivity contribution >= 4 is 5.82 Å². The third kappa shape index (κ3) is 1.96. The summed E-state index contributed by atoms with van der Waals surface area (Å²) in [5.74, 6) is 1.71. The summed E-state index contributed by atoms with van der Waals surface area (Å²) in [6, 6.07) is 1.96. The number of hydrogen-bond acceptors (Lipinski definition) is 4. The zero-order valence-corrected chi connectivity index (χ0v) is 10.4. The van der Waals surface area contributed by atoms with Crippen molar-refractivity contribution in [2.45, 2.75) is 32.6 Å². The maximum absolute atomic E-state index is 5.42. The average Bonchev–Trinajstić information content (AvgIpc) is 2.75. The maximum Gasteiger partial charge on any atom is 0.218 e. The van der Waals surface area contributed by atoms with E-state index in [4.69, 9.17) is 4.74 Å². The molecule has 1 aromatic rings. The van der Waals surface area contributed by atoms with Crippen LogP contribution in [-0.4, -0.2) is 29.7 Å². The molecule has 0 unspecified atom stereocenters. The lowest BCUT2D eigenvalue weighted by Crippen LogP contribution is -2.33. The molecule has 92 valence electrons. The fourth-order valence-corrected chi connectivity index (χ4v) is 2.95. The molecule has 4 heteroatoms. The SMILES string of the molecule is CCOc1cc(N2CCC3(CCC3)C2)ncn1. The van der Waals surface area contributed by atoms with Gasteiger partial charge in [0.05, 0.1) is 6.61 Å². The summed E-state index contributed by atoms with van der Waals surface area (Å²) < 4.78 is 5.42. The van der Waals surface area contributed by atoms with Gasteiger partial charge in [0.15, 0.2) is 0 Å². The van der Waals surface area contributed by atoms with Gasteiger partial charge in [0.25, 0.3) is 0 Å². The molecule has 3 rings (SSSR count). The van der Waals surface area contributed by atoms with Gasteiger partial charge in [0, 0.05) is 19.2 Å². The van der Waals surface area contributed by atoms with Crippen LogP contribution in [-0.2, 0) is 0 Å². The standard InChI is InChI=1S/C13H19N3O/c1-2-17-12-8-11(14-10-15-12)16-7-6-13(9-16)4-3-5-13/h8,10H,2-7,9H2,1H3. The first kappa shape index (κ1) is 10.8. The van der Waals surface area contributed by atoms with Crippen molar-refractivity contribution in [1.82, 2.24) is 9.97 Å². The van der Waals surface area contributed by atoms with Gasteiger partial charge in [-0.1, -0.05) is 6.42 Å². The zero-order chi connectivity index (χ0) is 11.7. The van der Waals surface area contributed by atoms with E-state index in [1.165, 1.54) is 25.7 Å². The highest BCUT2D eigenvalue weighted by atomic mass is 16.5. The molecule has 0 N–H and O–H groups in total. The molecule has 2 aliphatic rings. The Labute approximate surface area is 102 Å². The zero-order valence-electron chi connectivity index (χ0n) is 10.4. The normalized spacial score (nSPS) is 21.6. The predicted molar refractivity (Wildman–Crippen MR) is 66.3 cm³/mol. The van der Waals surface area contributed by atoms with Crippen LogP contribution in [0.3, 0.4) is 0 Å². The summed E-state index contributed by atoms with van der Waals surface area (Å²) in [7, 11) is 0. The van der Waals surface area contributed by atoms with Crippen LogP contribution in [0.4, 0.5) is 5.82 Å². The van der Waals surface area contributed by atoms with Gasteiger partial charge in [0.1, 0.15) is 12.1 Å². The van der Waals surface area contributed by atoms with Gasteiger partial charge in [-0.05, 0) is 31.6 Å². The lowest BCUT2D eigenvalue weighted by Gasteiger charge is -2.38. The second kappa shape index (κ2) is 4.17. The third-order valence-electron chi connectivity index (χ3n) is 4.10. The Morgan fingerprint density at radius 1 is 1.35 bits per heavy atom. The summed E-state index contributed by atoms with van der Waals surface area (Å²) in [5, 5.41) is 0. The molecule has 1 aliphatic carbocycles. The van der Waals surface area contributed by atoms with Crippen molar-refractivity contribution in [2.75, 3.05) is 24.6 Å². The van der Waals surface area contributed by atoms with Crippen molar-refractivity contribution in [3.05, 3.63) is 12.4 Å². The minimum Gasteiger partial charge on any atom is -0.478 e. The van der Waals surface area contributed by atoms with Crippen LogP contribution in [0.15, 0.2) is 12.4 Å². The van der Waals surface area contributed by atoms with E-state index in [0.29, 0.717) is 17.9 Å². The first-order chi connectivity index (χ1) is 8.31. The fraction of sp³-hybridized carbons (Fsp3) is 0.692. The Morgan fingerprint density at radius 3 is 2.88 bits per heavy atom. The van der Waals surface area contributed by atoms with Crippen molar-refractivity contribution < 1.29 is 4.74 Å². The van der Waals surface area contributed by atoms with Gasteiger partial charge in [-0.3, -0.25) is 0 Å². The number of rotatable bonds is 3. The van der Waals surface area contributed by atoms with Crippen molar-refractivity contribution in [3.63, 3.8) is 0 Å². The van der Waals surface area contributed by atoms with Gasteiger partial charge in [-0.15, -0.1) is 0 Å². The van der Waals surface area contributed by atoms with E-state index >= 15 is 0 Å². The molecule has 0 amide bonds. The van der Waals surface area contributed by atoms with Crippen LogP contribution in [0, 0.1) is 5.41 Å². The van der Waals surface area contributed by atoms with E-state index in [0.717, 1.165) is 18.9 Å². The fourth-order valence-electron chi connectivity index (χ4n) is 2.95. The van der Waals surface area contributed by atoms with E-state index in [1.54, 1.807) is 6.33 Å². The number of nitrogens with zero attached hydrogens (tertiary/aromatic N) is 3. The predicted octanol–water partition coefficient (Wildman–Crippen LogP) is 2.26. The Bertz CT molecular complexity index is 403. The summed E-state index contributed by atoms with van der Waals surface area (Å²) in [6.07, 6.45) is 7.12. The largest absolute Gasteiger partial charge is 0.478 e. The minimum atomic E-state index is 0.608. The highest BCUT2D eigenvalue weighted by molar-refractivity contribution is 5.42. The molecule has 2 fully saturated rings. The van der Waals surface area contributed by atoms with E-state index in [1.807, 2.05) is 13.0 Å². The molecule has 0 aromatic carbocycles. The number of aromatic nitrogens is 2. The highest BCUT2D eigenvalue weighted by Gasteiger charge is 2.43. The van der Waals surface area contributed by atoms with Crippen LogP contribution in [0.1, 0.15) is 32.6 Å². The smallest absolute Gasteiger partial charge is 0.218 e. The Balaban J connectivity index is 1.73. The highest BCUT2D eigenvalue weighted by Crippen LogP contribution is 2.48. The topological polar surface area (TPSA) is 38.2 Å². The monoisotopic (exact) mass is 233 g/mol. The van der Waals surface area contributed by atoms with Crippen LogP contribution in [0.25, 0.3) is 0 Å². The molecule has 17 heavy (non-hydrogen) atoms. The molecule has 1 aliphatic heterocycles. The first-order valence-electron chi connectivity index (χ1n) is 6.51. The quantitative estimate of drug-likeness (QED) is 0.802. The van der Waals surface area contributed by atoms with Crippen molar-refractivity contribution in [3.8, 4) is 5.88 Å². The summed E-state index contributed by atoms with van der Waals surface area (Å²) in [4.78, 5) is 10.9. The summed E-state index contributed by atoms with van der Waals surface area (Å²) in [6.45, 7) is 4.92. The summed E-state index contributed by atoms with van der Waals surface area (Å²) in [5.41, 5.74) is 0.608. The van der Waals surface area contributed by atoms with Gasteiger partial charge in [-0.25, -0.2) is 9.97 Å². The Morgan fingerprint density at radius 2 is 2.24 bits per heavy atom. The molecule has 0 atom stereocenters. The molecule has 1 aromatic heterocycles. The van der Waals surface area contributed by atoms with Crippen LogP contribution in [0.2, 0.25) is 0 Å². The summed E-state index contributed by atoms with van der Waals surface area (Å²) >= 11 is 0. The second-order valence-corrected chi connectivity index (χ2v) is 5.17. The molecule has 1 saturated carbocycles. The number of anilines is 1. The van der Waals surface area contributed by atoms with Gasteiger partial charge < -0.3 is 9.64 Å². The van der Waals surface area contributed by atoms with Crippen molar-refractivity contribution in [1.29, 1.82) is 0 Å². The molecular formula is C13H19N3O. The van der Waals surface area contributed by atoms with Gasteiger partial charge >= 0.3 is 0 Å². The van der Waals surface area contributed by atoms with E-state index < -0.39 is 0 Å². The molecule has 0 radical (unpaired) electrons. The third-order valence-corrected chi connectivity index (χ3v) is 4.10. The minimum absolute atomic E-state index is 0.608. The van der Waals surface area contributed by atoms with Gasteiger partial charge in [-0.2, -0.15) is 0 Å². The van der Waals surface area contributed by atoms with Gasteiger partial charge in [0.2, 0.25) is 5.88 Å². The van der Waals surface area contributed by atoms with E-state index in [2.05, 4.69) is 14.9 Å². The molecule has 1 spiro atoms. The van der Waals surface area contributed by atoms with Crippen molar-refractivity contribution in [2.24, 2.45) is 5.41 Å². The molecule has 2 heterocycles. The van der Waals surface area contributed by atoms with Crippen LogP contribution >= 0.6 is 0 Å². The Kier molecular flexibility index (Phi) is 2.65. The van der Waals surface area contributed by atoms with Crippen LogP contribution < -0.4 is 9.64 Å². The first-order valence-corrected chi connectivity index (χ1v) is 6.51.